The van der Waals surface area contributed by atoms with Gasteiger partial charge >= 0.3 is 11.9 Å². The number of aliphatic hydroxyl groups excluding tert-OH is 1. The van der Waals surface area contributed by atoms with Crippen LogP contribution in [0.15, 0.2) is 48.6 Å². The first-order valence-corrected chi connectivity index (χ1v) is 34.2. The van der Waals surface area contributed by atoms with Crippen molar-refractivity contribution in [1.29, 1.82) is 0 Å². The minimum absolute atomic E-state index is 0.0585. The maximum atomic E-state index is 12.4. The Balaban J connectivity index is 3.38. The molecule has 0 aliphatic heterocycles. The van der Waals surface area contributed by atoms with Gasteiger partial charge in [0.2, 0.25) is 0 Å². The van der Waals surface area contributed by atoms with E-state index in [4.69, 9.17) is 9.47 Å². The Morgan fingerprint density at radius 3 is 0.855 bits per heavy atom. The average molecular weight is 1070 g/mol. The van der Waals surface area contributed by atoms with Crippen LogP contribution in [0.2, 0.25) is 0 Å². The van der Waals surface area contributed by atoms with Gasteiger partial charge in [0.05, 0.1) is 6.61 Å². The summed E-state index contributed by atoms with van der Waals surface area (Å²) in [4.78, 5) is 24.6. The first-order valence-electron chi connectivity index (χ1n) is 34.2. The van der Waals surface area contributed by atoms with Crippen LogP contribution in [-0.4, -0.2) is 36.4 Å². The van der Waals surface area contributed by atoms with E-state index in [1.165, 1.54) is 289 Å². The lowest BCUT2D eigenvalue weighted by atomic mass is 10.0. The third kappa shape index (κ3) is 64.4. The number of hydrogen-bond acceptors (Lipinski definition) is 5. The molecule has 0 rings (SSSR count). The number of aliphatic hydroxyl groups is 1. The van der Waals surface area contributed by atoms with Crippen LogP contribution in [0.25, 0.3) is 0 Å². The van der Waals surface area contributed by atoms with E-state index in [-0.39, 0.29) is 25.2 Å². The number of ether oxygens (including phenoxy) is 2. The number of carbonyl (C=O) groups is 2. The highest BCUT2D eigenvalue weighted by Gasteiger charge is 2.16. The molecular formula is C71H132O5. The lowest BCUT2D eigenvalue weighted by molar-refractivity contribution is -0.161. The standard InChI is InChI=1S/C71H132O5/c1-3-5-7-9-11-13-15-17-19-21-23-25-27-29-30-31-32-33-34-35-36-37-38-39-40-42-44-46-48-50-52-54-56-58-60-62-64-66-71(74)76-69(67-72)68-75-70(73)65-63-61-59-57-55-53-51-49-47-45-43-41-28-26-24-22-20-18-16-14-12-10-8-6-4-2/h5,7,11,13,17,19,23,25,69,72H,3-4,6,8-10,12,14-16,18,20-22,24,26-68H2,1-2H3/b7-5-,13-11-,19-17-,25-23-. The van der Waals surface area contributed by atoms with Gasteiger partial charge in [-0.2, -0.15) is 0 Å². The molecule has 1 atom stereocenters. The highest BCUT2D eigenvalue weighted by Crippen LogP contribution is 2.19. The molecule has 5 nitrogen and oxygen atoms in total. The Kier molecular flexibility index (Phi) is 65.2. The minimum atomic E-state index is -0.769. The zero-order chi connectivity index (χ0) is 54.8. The highest BCUT2D eigenvalue weighted by molar-refractivity contribution is 5.70. The molecule has 76 heavy (non-hydrogen) atoms. The zero-order valence-electron chi connectivity index (χ0n) is 51.3. The van der Waals surface area contributed by atoms with Gasteiger partial charge < -0.3 is 14.6 Å². The molecule has 1 unspecified atom stereocenters. The summed E-state index contributed by atoms with van der Waals surface area (Å²) in [6.45, 7) is 4.09. The lowest BCUT2D eigenvalue weighted by Crippen LogP contribution is -2.28. The van der Waals surface area contributed by atoms with Crippen molar-refractivity contribution in [3.63, 3.8) is 0 Å². The van der Waals surface area contributed by atoms with Crippen molar-refractivity contribution in [2.45, 2.75) is 380 Å². The second-order valence-electron chi connectivity index (χ2n) is 23.2. The van der Waals surface area contributed by atoms with Gasteiger partial charge in [-0.25, -0.2) is 0 Å². The molecule has 0 amide bonds. The second kappa shape index (κ2) is 67.1. The summed E-state index contributed by atoms with van der Waals surface area (Å²) in [7, 11) is 0. The Morgan fingerprint density at radius 1 is 0.316 bits per heavy atom. The number of allylic oxidation sites excluding steroid dienone is 8. The Labute approximate surface area is 475 Å². The quantitative estimate of drug-likeness (QED) is 0.0373. The van der Waals surface area contributed by atoms with Crippen LogP contribution in [0.5, 0.6) is 0 Å². The van der Waals surface area contributed by atoms with Crippen LogP contribution in [0, 0.1) is 0 Å². The van der Waals surface area contributed by atoms with Crippen LogP contribution in [0.1, 0.15) is 373 Å². The SMILES string of the molecule is CC/C=C\C/C=C\C/C=C\C/C=C\CCCCCCCCCCCCCCCCCCCCCCCCCCC(=O)OC(CO)COC(=O)CCCCCCCCCCCCCCCCCCCCCCCCCCC. The van der Waals surface area contributed by atoms with Crippen molar-refractivity contribution in [3.8, 4) is 0 Å². The molecule has 0 saturated heterocycles. The number of unbranched alkanes of at least 4 members (excludes halogenated alkanes) is 48. The number of hydrogen-bond donors (Lipinski definition) is 1. The van der Waals surface area contributed by atoms with E-state index in [9.17, 15) is 14.7 Å². The minimum Gasteiger partial charge on any atom is -0.462 e. The van der Waals surface area contributed by atoms with Crippen molar-refractivity contribution in [2.75, 3.05) is 13.2 Å². The molecule has 5 heteroatoms. The van der Waals surface area contributed by atoms with Crippen molar-refractivity contribution in [2.24, 2.45) is 0 Å². The molecule has 0 aromatic carbocycles. The first kappa shape index (κ1) is 73.9. The predicted octanol–water partition coefficient (Wildman–Crippen LogP) is 23.5. The van der Waals surface area contributed by atoms with Gasteiger partial charge in [0.1, 0.15) is 6.61 Å². The summed E-state index contributed by atoms with van der Waals surface area (Å²) in [5, 5.41) is 9.69. The Morgan fingerprint density at radius 2 is 0.566 bits per heavy atom. The van der Waals surface area contributed by atoms with Crippen molar-refractivity contribution >= 4 is 11.9 Å². The molecule has 0 spiro atoms. The van der Waals surface area contributed by atoms with Crippen LogP contribution in [-0.2, 0) is 19.1 Å². The van der Waals surface area contributed by atoms with E-state index in [1.807, 2.05) is 0 Å². The second-order valence-corrected chi connectivity index (χ2v) is 23.2. The van der Waals surface area contributed by atoms with Gasteiger partial charge in [-0.15, -0.1) is 0 Å². The van der Waals surface area contributed by atoms with Gasteiger partial charge in [0.15, 0.2) is 6.10 Å². The average Bonchev–Trinajstić information content (AvgIpc) is 3.42. The maximum Gasteiger partial charge on any atom is 0.306 e. The predicted molar refractivity (Wildman–Crippen MR) is 334 cm³/mol. The van der Waals surface area contributed by atoms with Crippen molar-refractivity contribution in [1.82, 2.24) is 0 Å². The third-order valence-electron chi connectivity index (χ3n) is 15.6. The summed E-state index contributed by atoms with van der Waals surface area (Å²) < 4.78 is 10.8. The van der Waals surface area contributed by atoms with E-state index in [1.54, 1.807) is 0 Å². The molecular weight excluding hydrogens is 933 g/mol. The van der Waals surface area contributed by atoms with Gasteiger partial charge in [0.25, 0.3) is 0 Å². The summed E-state index contributed by atoms with van der Waals surface area (Å²) in [5.74, 6) is -0.565. The van der Waals surface area contributed by atoms with E-state index in [0.29, 0.717) is 12.8 Å². The Bertz CT molecular complexity index is 1250. The summed E-state index contributed by atoms with van der Waals surface area (Å²) in [6.07, 6.45) is 90.1. The van der Waals surface area contributed by atoms with Gasteiger partial charge in [0, 0.05) is 12.8 Å². The third-order valence-corrected chi connectivity index (χ3v) is 15.6. The normalized spacial score (nSPS) is 12.4. The van der Waals surface area contributed by atoms with Crippen molar-refractivity contribution in [3.05, 3.63) is 48.6 Å². The fourth-order valence-electron chi connectivity index (χ4n) is 10.6. The molecule has 0 fully saturated rings. The van der Waals surface area contributed by atoms with Gasteiger partial charge in [-0.3, -0.25) is 9.59 Å². The summed E-state index contributed by atoms with van der Waals surface area (Å²) in [6, 6.07) is 0. The number of carbonyl (C=O) groups excluding carboxylic acids is 2. The van der Waals surface area contributed by atoms with Crippen LogP contribution in [0.4, 0.5) is 0 Å². The lowest BCUT2D eigenvalue weighted by Gasteiger charge is -2.15. The molecule has 0 radical (unpaired) electrons. The Hall–Kier alpha value is -2.14. The molecule has 446 valence electrons. The molecule has 0 aromatic rings. The summed E-state index contributed by atoms with van der Waals surface area (Å²) >= 11 is 0. The first-order chi connectivity index (χ1) is 37.6. The summed E-state index contributed by atoms with van der Waals surface area (Å²) in [5.41, 5.74) is 0. The smallest absolute Gasteiger partial charge is 0.306 e. The van der Waals surface area contributed by atoms with E-state index in [2.05, 4.69) is 62.5 Å². The van der Waals surface area contributed by atoms with Crippen molar-refractivity contribution < 1.29 is 24.2 Å². The molecule has 0 heterocycles. The topological polar surface area (TPSA) is 72.8 Å². The molecule has 0 aromatic heterocycles. The fourth-order valence-corrected chi connectivity index (χ4v) is 10.6. The van der Waals surface area contributed by atoms with Crippen LogP contribution < -0.4 is 0 Å². The molecule has 1 N–H and O–H groups in total. The monoisotopic (exact) mass is 1070 g/mol. The molecule has 0 aliphatic carbocycles. The van der Waals surface area contributed by atoms with Gasteiger partial charge in [-0.1, -0.05) is 358 Å². The van der Waals surface area contributed by atoms with Crippen LogP contribution in [0.3, 0.4) is 0 Å². The highest BCUT2D eigenvalue weighted by atomic mass is 16.6. The molecule has 0 saturated carbocycles. The molecule has 0 aliphatic rings. The molecule has 0 bridgehead atoms. The van der Waals surface area contributed by atoms with E-state index in [0.717, 1.165) is 57.8 Å². The van der Waals surface area contributed by atoms with Gasteiger partial charge in [-0.05, 0) is 51.4 Å². The van der Waals surface area contributed by atoms with E-state index < -0.39 is 6.10 Å². The van der Waals surface area contributed by atoms with E-state index >= 15 is 0 Å². The number of esters is 2. The number of rotatable bonds is 64. The fraction of sp³-hybridized carbons (Fsp3) is 0.859. The maximum absolute atomic E-state index is 12.4. The largest absolute Gasteiger partial charge is 0.462 e. The zero-order valence-corrected chi connectivity index (χ0v) is 51.3. The van der Waals surface area contributed by atoms with Crippen LogP contribution >= 0.6 is 0 Å².